The van der Waals surface area contributed by atoms with Crippen LogP contribution in [0.1, 0.15) is 27.7 Å². The highest BCUT2D eigenvalue weighted by molar-refractivity contribution is 8.23. The first kappa shape index (κ1) is 20.8. The molecule has 25 heavy (non-hydrogen) atoms. The number of carbonyl (C=O) groups excluding carboxylic acids is 2. The summed E-state index contributed by atoms with van der Waals surface area (Å²) < 4.78 is 3.89. The van der Waals surface area contributed by atoms with Gasteiger partial charge in [0.15, 0.2) is 0 Å². The molecular formula is C14H18O7S4. The topological polar surface area (TPSA) is 118 Å². The third kappa shape index (κ3) is 4.81. The van der Waals surface area contributed by atoms with Crippen molar-refractivity contribution in [2.45, 2.75) is 56.9 Å². The van der Waals surface area contributed by atoms with Crippen molar-refractivity contribution in [2.75, 3.05) is 0 Å². The maximum Gasteiger partial charge on any atom is 0.328 e. The zero-order chi connectivity index (χ0) is 19.2. The molecule has 4 atom stereocenters. The van der Waals surface area contributed by atoms with Gasteiger partial charge in [-0.3, -0.25) is 19.2 Å². The maximum atomic E-state index is 12.3. The Morgan fingerprint density at radius 3 is 1.24 bits per heavy atom. The highest BCUT2D eigenvalue weighted by Gasteiger charge is 2.52. The second-order valence-electron chi connectivity index (χ2n) is 6.37. The lowest BCUT2D eigenvalue weighted by Crippen LogP contribution is -2.39. The molecule has 0 amide bonds. The van der Waals surface area contributed by atoms with Gasteiger partial charge in [0.1, 0.15) is 21.0 Å². The van der Waals surface area contributed by atoms with Crippen LogP contribution in [0.4, 0.5) is 0 Å². The third-order valence-corrected chi connectivity index (χ3v) is 10.0. The van der Waals surface area contributed by atoms with Crippen LogP contribution in [0.5, 0.6) is 0 Å². The van der Waals surface area contributed by atoms with Gasteiger partial charge in [-0.05, 0) is 27.7 Å². The molecule has 11 heteroatoms. The number of rotatable bonds is 4. The molecule has 2 N–H and O–H groups in total. The van der Waals surface area contributed by atoms with Gasteiger partial charge in [-0.25, -0.2) is 0 Å². The molecular weight excluding hydrogens is 408 g/mol. The number of ether oxygens (including phenoxy) is 1. The van der Waals surface area contributed by atoms with E-state index < -0.39 is 53.0 Å². The minimum atomic E-state index is -1.15. The number of thioether (sulfide) groups is 4. The van der Waals surface area contributed by atoms with E-state index in [1.54, 1.807) is 27.7 Å². The lowest BCUT2D eigenvalue weighted by molar-refractivity contribution is -0.160. The number of hydrogen-bond donors (Lipinski definition) is 2. The monoisotopic (exact) mass is 426 g/mol. The fourth-order valence-electron chi connectivity index (χ4n) is 2.44. The van der Waals surface area contributed by atoms with E-state index >= 15 is 0 Å². The molecule has 4 unspecified atom stereocenters. The summed E-state index contributed by atoms with van der Waals surface area (Å²) in [5.74, 6) is -4.15. The van der Waals surface area contributed by atoms with Crippen LogP contribution in [-0.2, 0) is 23.9 Å². The van der Waals surface area contributed by atoms with E-state index in [0.29, 0.717) is 0 Å². The van der Waals surface area contributed by atoms with Crippen molar-refractivity contribution in [3.05, 3.63) is 0 Å². The molecule has 7 nitrogen and oxygen atoms in total. The van der Waals surface area contributed by atoms with Crippen LogP contribution in [0, 0.1) is 0 Å². The average molecular weight is 427 g/mol. The summed E-state index contributed by atoms with van der Waals surface area (Å²) in [4.78, 5) is 47.4. The molecule has 0 aromatic carbocycles. The van der Waals surface area contributed by atoms with Crippen LogP contribution in [0.15, 0.2) is 0 Å². The molecule has 0 radical (unpaired) electrons. The van der Waals surface area contributed by atoms with Gasteiger partial charge >= 0.3 is 23.9 Å². The van der Waals surface area contributed by atoms with Crippen molar-refractivity contribution in [3.63, 3.8) is 0 Å². The van der Waals surface area contributed by atoms with Crippen LogP contribution < -0.4 is 0 Å². The van der Waals surface area contributed by atoms with E-state index in [2.05, 4.69) is 0 Å². The van der Waals surface area contributed by atoms with Gasteiger partial charge in [0.05, 0.1) is 8.16 Å². The molecule has 0 aliphatic carbocycles. The lowest BCUT2D eigenvalue weighted by Gasteiger charge is -2.17. The van der Waals surface area contributed by atoms with Gasteiger partial charge in [-0.2, -0.15) is 0 Å². The SMILES string of the molecule is CC1(C)SC(C(=O)O)C(C(=O)OC(=O)C2SC(C)(C)SC2C(=O)O)S1. The largest absolute Gasteiger partial charge is 0.480 e. The van der Waals surface area contributed by atoms with Gasteiger partial charge in [0, 0.05) is 0 Å². The van der Waals surface area contributed by atoms with Crippen LogP contribution in [0.3, 0.4) is 0 Å². The van der Waals surface area contributed by atoms with Gasteiger partial charge < -0.3 is 14.9 Å². The first-order chi connectivity index (χ1) is 11.3. The number of carboxylic acid groups (broad SMARTS) is 2. The standard InChI is InChI=1S/C14H18O7S4/c1-13(2)22-5(9(15)16)7(24-13)11(19)21-12(20)8-6(10(17)18)23-14(3,4)25-8/h5-8H,1-4H3,(H,15,16)(H,17,18). The fourth-order valence-corrected chi connectivity index (χ4v) is 8.69. The Labute approximate surface area is 161 Å². The summed E-state index contributed by atoms with van der Waals surface area (Å²) in [5, 5.41) is 14.5. The number of aliphatic carboxylic acids is 2. The van der Waals surface area contributed by atoms with E-state index in [1.807, 2.05) is 0 Å². The summed E-state index contributed by atoms with van der Waals surface area (Å²) in [6.45, 7) is 7.17. The number of esters is 2. The Morgan fingerprint density at radius 1 is 0.680 bits per heavy atom. The zero-order valence-electron chi connectivity index (χ0n) is 13.9. The molecule has 2 saturated heterocycles. The quantitative estimate of drug-likeness (QED) is 0.508. The fraction of sp³-hybridized carbons (Fsp3) is 0.714. The lowest BCUT2D eigenvalue weighted by atomic mass is 10.3. The molecule has 2 aliphatic heterocycles. The molecule has 2 fully saturated rings. The smallest absolute Gasteiger partial charge is 0.328 e. The van der Waals surface area contributed by atoms with Crippen LogP contribution in [0.25, 0.3) is 0 Å². The zero-order valence-corrected chi connectivity index (χ0v) is 17.1. The van der Waals surface area contributed by atoms with E-state index in [9.17, 15) is 29.4 Å². The summed E-state index contributed by atoms with van der Waals surface area (Å²) in [6.07, 6.45) is 0. The van der Waals surface area contributed by atoms with Gasteiger partial charge in [0.25, 0.3) is 0 Å². The predicted molar refractivity (Wildman–Crippen MR) is 100 cm³/mol. The van der Waals surface area contributed by atoms with Crippen molar-refractivity contribution >= 4 is 70.9 Å². The molecule has 0 aromatic heterocycles. The van der Waals surface area contributed by atoms with E-state index in [0.717, 1.165) is 47.0 Å². The van der Waals surface area contributed by atoms with Crippen molar-refractivity contribution in [3.8, 4) is 0 Å². The summed E-state index contributed by atoms with van der Waals surface area (Å²) >= 11 is 4.51. The number of carbonyl (C=O) groups is 4. The Kier molecular flexibility index (Phi) is 6.02. The minimum Gasteiger partial charge on any atom is -0.480 e. The van der Waals surface area contributed by atoms with Crippen LogP contribution in [0.2, 0.25) is 0 Å². The molecule has 2 heterocycles. The molecule has 2 aliphatic rings. The van der Waals surface area contributed by atoms with Crippen molar-refractivity contribution in [1.82, 2.24) is 0 Å². The third-order valence-electron chi connectivity index (χ3n) is 3.35. The number of hydrogen-bond acceptors (Lipinski definition) is 9. The van der Waals surface area contributed by atoms with Gasteiger partial charge in [0.2, 0.25) is 0 Å². The first-order valence-electron chi connectivity index (χ1n) is 7.25. The predicted octanol–water partition coefficient (Wildman–Crippen LogP) is 2.13. The van der Waals surface area contributed by atoms with E-state index in [-0.39, 0.29) is 0 Å². The Hall–Kier alpha value is -0.520. The second-order valence-corrected chi connectivity index (χ2v) is 13.9. The molecule has 140 valence electrons. The number of carboxylic acids is 2. The van der Waals surface area contributed by atoms with Crippen molar-refractivity contribution in [1.29, 1.82) is 0 Å². The summed E-state index contributed by atoms with van der Waals surface area (Å²) in [5.41, 5.74) is 0. The molecule has 0 aromatic rings. The Bertz CT molecular complexity index is 566. The average Bonchev–Trinajstić information content (AvgIpc) is 2.95. The van der Waals surface area contributed by atoms with Crippen molar-refractivity contribution in [2.24, 2.45) is 0 Å². The summed E-state index contributed by atoms with van der Waals surface area (Å²) in [7, 11) is 0. The van der Waals surface area contributed by atoms with Crippen LogP contribution >= 0.6 is 47.0 Å². The molecule has 0 saturated carbocycles. The molecule has 0 spiro atoms. The highest BCUT2D eigenvalue weighted by atomic mass is 32.2. The van der Waals surface area contributed by atoms with Gasteiger partial charge in [-0.1, -0.05) is 0 Å². The minimum absolute atomic E-state index is 0.501. The second kappa shape index (κ2) is 7.24. The maximum absolute atomic E-state index is 12.3. The highest BCUT2D eigenvalue weighted by Crippen LogP contribution is 2.54. The molecule has 2 rings (SSSR count). The Morgan fingerprint density at radius 2 is 0.960 bits per heavy atom. The first-order valence-corrected chi connectivity index (χ1v) is 10.8. The van der Waals surface area contributed by atoms with Crippen LogP contribution in [-0.4, -0.2) is 63.2 Å². The van der Waals surface area contributed by atoms with Crippen molar-refractivity contribution < 1.29 is 34.1 Å². The Balaban J connectivity index is 2.10. The normalized spacial score (nSPS) is 33.0. The van der Waals surface area contributed by atoms with E-state index in [4.69, 9.17) is 4.74 Å². The molecule has 0 bridgehead atoms. The summed E-state index contributed by atoms with van der Waals surface area (Å²) in [6, 6.07) is 0. The van der Waals surface area contributed by atoms with E-state index in [1.165, 1.54) is 0 Å². The van der Waals surface area contributed by atoms with Gasteiger partial charge in [-0.15, -0.1) is 47.0 Å².